The van der Waals surface area contributed by atoms with Crippen molar-refractivity contribution in [3.63, 3.8) is 0 Å². The minimum absolute atomic E-state index is 0.239. The van der Waals surface area contributed by atoms with E-state index in [9.17, 15) is 0 Å². The highest BCUT2D eigenvalue weighted by molar-refractivity contribution is 9.10. The number of rotatable bonds is 3. The maximum atomic E-state index is 9.05. The molecule has 1 aromatic carbocycles. The van der Waals surface area contributed by atoms with Crippen LogP contribution in [0.15, 0.2) is 41.0 Å². The van der Waals surface area contributed by atoms with E-state index in [1.54, 1.807) is 6.20 Å². The van der Waals surface area contributed by atoms with Crippen molar-refractivity contribution in [3.05, 3.63) is 46.8 Å². The van der Waals surface area contributed by atoms with Crippen LogP contribution >= 0.6 is 15.9 Å². The molecule has 0 radical (unpaired) electrons. The summed E-state index contributed by atoms with van der Waals surface area (Å²) in [6, 6.07) is 12.0. The summed E-state index contributed by atoms with van der Waals surface area (Å²) >= 11 is 3.44. The normalized spacial score (nSPS) is 11.8. The van der Waals surface area contributed by atoms with Crippen molar-refractivity contribution in [2.75, 3.05) is 0 Å². The quantitative estimate of drug-likeness (QED) is 0.863. The first kappa shape index (κ1) is 12.7. The van der Waals surface area contributed by atoms with Crippen LogP contribution in [0.5, 0.6) is 0 Å². The lowest BCUT2D eigenvalue weighted by Crippen LogP contribution is -2.01. The van der Waals surface area contributed by atoms with Crippen LogP contribution in [0.1, 0.15) is 25.1 Å². The Morgan fingerprint density at radius 3 is 2.89 bits per heavy atom. The molecule has 0 spiro atoms. The summed E-state index contributed by atoms with van der Waals surface area (Å²) in [7, 11) is 0. The molecule has 4 heteroatoms. The van der Waals surface area contributed by atoms with Gasteiger partial charge in [0, 0.05) is 16.2 Å². The van der Waals surface area contributed by atoms with Crippen molar-refractivity contribution in [2.45, 2.75) is 19.3 Å². The first-order valence-corrected chi connectivity index (χ1v) is 6.52. The Hall–Kier alpha value is -1.73. The highest BCUT2D eigenvalue weighted by atomic mass is 79.9. The molecule has 90 valence electrons. The van der Waals surface area contributed by atoms with E-state index in [0.29, 0.717) is 5.82 Å². The van der Waals surface area contributed by atoms with Gasteiger partial charge in [-0.2, -0.15) is 5.26 Å². The predicted molar refractivity (Wildman–Crippen MR) is 73.8 cm³/mol. The second kappa shape index (κ2) is 5.74. The van der Waals surface area contributed by atoms with Gasteiger partial charge in [0.15, 0.2) is 0 Å². The van der Waals surface area contributed by atoms with Gasteiger partial charge in [-0.3, -0.25) is 0 Å². The fourth-order valence-corrected chi connectivity index (χ4v) is 2.08. The lowest BCUT2D eigenvalue weighted by atomic mass is 10.1. The van der Waals surface area contributed by atoms with E-state index >= 15 is 0 Å². The van der Waals surface area contributed by atoms with Crippen LogP contribution in [-0.2, 0) is 0 Å². The molecular weight excluding hydrogens is 290 g/mol. The minimum atomic E-state index is -0.239. The van der Waals surface area contributed by atoms with Crippen molar-refractivity contribution in [2.24, 2.45) is 0 Å². The Morgan fingerprint density at radius 1 is 1.39 bits per heavy atom. The van der Waals surface area contributed by atoms with Gasteiger partial charge in [-0.15, -0.1) is 0 Å². The summed E-state index contributed by atoms with van der Waals surface area (Å²) in [5, 5.41) is 9.05. The third kappa shape index (κ3) is 2.74. The molecule has 0 amide bonds. The smallest absolute Gasteiger partial charge is 0.146 e. The van der Waals surface area contributed by atoms with Crippen molar-refractivity contribution in [1.29, 1.82) is 5.26 Å². The van der Waals surface area contributed by atoms with Crippen molar-refractivity contribution < 1.29 is 0 Å². The van der Waals surface area contributed by atoms with Crippen LogP contribution in [0.4, 0.5) is 0 Å². The molecule has 0 bridgehead atoms. The van der Waals surface area contributed by atoms with Gasteiger partial charge in [-0.1, -0.05) is 35.0 Å². The van der Waals surface area contributed by atoms with Gasteiger partial charge in [-0.05, 0) is 24.6 Å². The predicted octanol–water partition coefficient (Wildman–Crippen LogP) is 3.92. The van der Waals surface area contributed by atoms with Crippen molar-refractivity contribution >= 4 is 15.9 Å². The zero-order valence-electron chi connectivity index (χ0n) is 9.97. The lowest BCUT2D eigenvalue weighted by Gasteiger charge is -2.07. The molecule has 0 N–H and O–H groups in total. The van der Waals surface area contributed by atoms with Crippen LogP contribution in [0.25, 0.3) is 11.3 Å². The topological polar surface area (TPSA) is 49.6 Å². The molecule has 1 heterocycles. The molecule has 1 unspecified atom stereocenters. The molecular formula is C14H12BrN3. The standard InChI is InChI=1S/C14H12BrN3/c1-2-10(9-16)14-17-7-6-13(18-14)11-4-3-5-12(15)8-11/h3-8,10H,2H2,1H3. The molecule has 2 aromatic rings. The van der Waals surface area contributed by atoms with Gasteiger partial charge in [-0.25, -0.2) is 9.97 Å². The van der Waals surface area contributed by atoms with E-state index in [4.69, 9.17) is 5.26 Å². The molecule has 18 heavy (non-hydrogen) atoms. The fraction of sp³-hybridized carbons (Fsp3) is 0.214. The van der Waals surface area contributed by atoms with E-state index in [-0.39, 0.29) is 5.92 Å². The molecule has 0 saturated heterocycles. The second-order valence-corrected chi connectivity index (χ2v) is 4.82. The molecule has 2 rings (SSSR count). The first-order valence-electron chi connectivity index (χ1n) is 5.73. The molecule has 1 aromatic heterocycles. The van der Waals surface area contributed by atoms with E-state index < -0.39 is 0 Å². The largest absolute Gasteiger partial charge is 0.240 e. The van der Waals surface area contributed by atoms with Gasteiger partial charge in [0.1, 0.15) is 11.7 Å². The Morgan fingerprint density at radius 2 is 2.22 bits per heavy atom. The Labute approximate surface area is 115 Å². The highest BCUT2D eigenvalue weighted by Gasteiger charge is 2.12. The van der Waals surface area contributed by atoms with Crippen LogP contribution < -0.4 is 0 Å². The van der Waals surface area contributed by atoms with E-state index in [1.165, 1.54) is 0 Å². The maximum Gasteiger partial charge on any atom is 0.146 e. The number of benzene rings is 1. The van der Waals surface area contributed by atoms with Gasteiger partial charge in [0.2, 0.25) is 0 Å². The Bertz CT molecular complexity index is 590. The summed E-state index contributed by atoms with van der Waals surface area (Å²) < 4.78 is 1.01. The molecule has 0 aliphatic heterocycles. The van der Waals surface area contributed by atoms with Gasteiger partial charge < -0.3 is 0 Å². The van der Waals surface area contributed by atoms with Gasteiger partial charge >= 0.3 is 0 Å². The maximum absolute atomic E-state index is 9.05. The number of nitrogens with zero attached hydrogens (tertiary/aromatic N) is 3. The van der Waals surface area contributed by atoms with Crippen LogP contribution in [0, 0.1) is 11.3 Å². The fourth-order valence-electron chi connectivity index (χ4n) is 1.68. The number of hydrogen-bond acceptors (Lipinski definition) is 3. The second-order valence-electron chi connectivity index (χ2n) is 3.90. The molecule has 0 aliphatic carbocycles. The number of aromatic nitrogens is 2. The Balaban J connectivity index is 2.42. The van der Waals surface area contributed by atoms with Crippen LogP contribution in [-0.4, -0.2) is 9.97 Å². The van der Waals surface area contributed by atoms with E-state index in [2.05, 4.69) is 32.0 Å². The molecule has 0 aliphatic rings. The summed E-state index contributed by atoms with van der Waals surface area (Å²) in [4.78, 5) is 8.66. The zero-order valence-corrected chi connectivity index (χ0v) is 11.6. The molecule has 3 nitrogen and oxygen atoms in total. The van der Waals surface area contributed by atoms with Crippen molar-refractivity contribution in [3.8, 4) is 17.3 Å². The lowest BCUT2D eigenvalue weighted by molar-refractivity contribution is 0.752. The molecule has 0 fully saturated rings. The number of nitriles is 1. The van der Waals surface area contributed by atoms with Crippen LogP contribution in [0.2, 0.25) is 0 Å². The summed E-state index contributed by atoms with van der Waals surface area (Å²) in [6.45, 7) is 1.96. The van der Waals surface area contributed by atoms with E-state index in [1.807, 2.05) is 37.3 Å². The Kier molecular flexibility index (Phi) is 4.06. The number of hydrogen-bond donors (Lipinski definition) is 0. The average molecular weight is 302 g/mol. The zero-order chi connectivity index (χ0) is 13.0. The average Bonchev–Trinajstić information content (AvgIpc) is 2.41. The molecule has 0 saturated carbocycles. The van der Waals surface area contributed by atoms with Crippen molar-refractivity contribution in [1.82, 2.24) is 9.97 Å². The molecule has 1 atom stereocenters. The summed E-state index contributed by atoms with van der Waals surface area (Å²) in [6.07, 6.45) is 2.43. The third-order valence-electron chi connectivity index (χ3n) is 2.67. The SMILES string of the molecule is CCC(C#N)c1nccc(-c2cccc(Br)c2)n1. The van der Waals surface area contributed by atoms with Gasteiger partial charge in [0.25, 0.3) is 0 Å². The number of halogens is 1. The van der Waals surface area contributed by atoms with Gasteiger partial charge in [0.05, 0.1) is 11.8 Å². The van der Waals surface area contributed by atoms with E-state index in [0.717, 1.165) is 22.2 Å². The monoisotopic (exact) mass is 301 g/mol. The highest BCUT2D eigenvalue weighted by Crippen LogP contribution is 2.23. The first-order chi connectivity index (χ1) is 8.74. The van der Waals surface area contributed by atoms with Crippen LogP contribution in [0.3, 0.4) is 0 Å². The summed E-state index contributed by atoms with van der Waals surface area (Å²) in [5.74, 6) is 0.356. The third-order valence-corrected chi connectivity index (χ3v) is 3.16. The summed E-state index contributed by atoms with van der Waals surface area (Å²) in [5.41, 5.74) is 1.86. The minimum Gasteiger partial charge on any atom is -0.240 e.